The highest BCUT2D eigenvalue weighted by molar-refractivity contribution is 5.94. The number of nitrogens with one attached hydrogen (secondary N) is 1. The van der Waals surface area contributed by atoms with Crippen LogP contribution >= 0.6 is 0 Å². The molecule has 0 aliphatic carbocycles. The third-order valence-corrected chi connectivity index (χ3v) is 4.90. The second kappa shape index (κ2) is 8.14. The van der Waals surface area contributed by atoms with Gasteiger partial charge < -0.3 is 15.0 Å². The Balaban J connectivity index is 1.78. The molecule has 2 aromatic rings. The Labute approximate surface area is 165 Å². The highest BCUT2D eigenvalue weighted by atomic mass is 19.4. The summed E-state index contributed by atoms with van der Waals surface area (Å²) in [4.78, 5) is 26.6. The first-order valence-electron chi connectivity index (χ1n) is 8.97. The van der Waals surface area contributed by atoms with Gasteiger partial charge in [0.2, 0.25) is 11.8 Å². The van der Waals surface area contributed by atoms with Gasteiger partial charge in [-0.15, -0.1) is 0 Å². The molecular weight excluding hydrogens is 389 g/mol. The molecule has 1 saturated heterocycles. The summed E-state index contributed by atoms with van der Waals surface area (Å²) >= 11 is 0. The molecule has 1 aromatic carbocycles. The summed E-state index contributed by atoms with van der Waals surface area (Å²) in [6.07, 6.45) is -1.55. The number of aromatic nitrogens is 2. The van der Waals surface area contributed by atoms with Gasteiger partial charge in [-0.25, -0.2) is 0 Å². The third-order valence-electron chi connectivity index (χ3n) is 4.90. The molecule has 0 spiro atoms. The first kappa shape index (κ1) is 20.7. The lowest BCUT2D eigenvalue weighted by molar-refractivity contribution is -0.142. The van der Waals surface area contributed by atoms with E-state index in [9.17, 15) is 22.8 Å². The largest absolute Gasteiger partial charge is 0.497 e. The fourth-order valence-corrected chi connectivity index (χ4v) is 3.50. The Morgan fingerprint density at radius 3 is 2.62 bits per heavy atom. The number of piperidine rings is 1. The minimum Gasteiger partial charge on any atom is -0.497 e. The number of methoxy groups -OCH3 is 1. The second-order valence-electron chi connectivity index (χ2n) is 6.90. The molecule has 1 aromatic heterocycles. The van der Waals surface area contributed by atoms with Gasteiger partial charge >= 0.3 is 6.18 Å². The number of carbonyl (C=O) groups excluding carboxylic acids is 2. The minimum absolute atomic E-state index is 0.0761. The van der Waals surface area contributed by atoms with Gasteiger partial charge in [-0.2, -0.15) is 18.3 Å². The zero-order valence-corrected chi connectivity index (χ0v) is 15.9. The van der Waals surface area contributed by atoms with Crippen LogP contribution in [0.1, 0.15) is 24.4 Å². The van der Waals surface area contributed by atoms with Gasteiger partial charge in [0.1, 0.15) is 12.3 Å². The van der Waals surface area contributed by atoms with Crippen LogP contribution in [0.3, 0.4) is 0 Å². The van der Waals surface area contributed by atoms with Crippen LogP contribution in [-0.4, -0.2) is 46.8 Å². The number of alkyl halides is 3. The maximum atomic E-state index is 12.9. The third kappa shape index (κ3) is 4.87. The molecule has 0 bridgehead atoms. The number of ether oxygens (including phenoxy) is 1. The monoisotopic (exact) mass is 410 g/mol. The fourth-order valence-electron chi connectivity index (χ4n) is 3.50. The predicted molar refractivity (Wildman–Crippen MR) is 98.1 cm³/mol. The zero-order valence-electron chi connectivity index (χ0n) is 15.9. The van der Waals surface area contributed by atoms with Crippen LogP contribution in [0.5, 0.6) is 5.75 Å². The summed E-state index contributed by atoms with van der Waals surface area (Å²) in [6, 6.07) is 6.59. The molecule has 2 heterocycles. The van der Waals surface area contributed by atoms with Crippen molar-refractivity contribution < 1.29 is 27.5 Å². The molecule has 2 amide bonds. The molecule has 7 nitrogen and oxygen atoms in total. The van der Waals surface area contributed by atoms with Crippen molar-refractivity contribution in [3.63, 3.8) is 0 Å². The molecule has 3 rings (SSSR count). The molecule has 0 radical (unpaired) electrons. The van der Waals surface area contributed by atoms with Crippen LogP contribution in [0.4, 0.5) is 18.9 Å². The molecule has 1 aliphatic heterocycles. The lowest BCUT2D eigenvalue weighted by atomic mass is 9.84. The van der Waals surface area contributed by atoms with Crippen molar-refractivity contribution in [2.75, 3.05) is 19.5 Å². The summed E-state index contributed by atoms with van der Waals surface area (Å²) in [5, 5.41) is 6.25. The average Bonchev–Trinajstić information content (AvgIpc) is 3.08. The molecule has 2 atom stereocenters. The van der Waals surface area contributed by atoms with Crippen LogP contribution in [-0.2, 0) is 16.1 Å². The second-order valence-corrected chi connectivity index (χ2v) is 6.90. The van der Waals surface area contributed by atoms with Crippen LogP contribution in [0.15, 0.2) is 36.7 Å². The van der Waals surface area contributed by atoms with E-state index in [-0.39, 0.29) is 23.9 Å². The summed E-state index contributed by atoms with van der Waals surface area (Å²) < 4.78 is 43.3. The Hall–Kier alpha value is -3.04. The quantitative estimate of drug-likeness (QED) is 0.822. The maximum absolute atomic E-state index is 12.9. The van der Waals surface area contributed by atoms with E-state index in [2.05, 4.69) is 10.4 Å². The predicted octanol–water partition coefficient (Wildman–Crippen LogP) is 3.00. The van der Waals surface area contributed by atoms with Crippen molar-refractivity contribution in [1.29, 1.82) is 0 Å². The number of amides is 2. The zero-order chi connectivity index (χ0) is 21.2. The molecule has 2 unspecified atom stereocenters. The summed E-state index contributed by atoms with van der Waals surface area (Å²) in [7, 11) is 3.18. The number of carbonyl (C=O) groups is 2. The first-order chi connectivity index (χ1) is 13.7. The fraction of sp³-hybridized carbons (Fsp3) is 0.421. The highest BCUT2D eigenvalue weighted by Crippen LogP contribution is 2.37. The van der Waals surface area contributed by atoms with Crippen LogP contribution in [0, 0.1) is 5.92 Å². The SMILES string of the molecule is COc1ccc(C2C(C(=O)Nc3cnn(CC(F)(F)F)c3)CCC(=O)N2C)cc1. The van der Waals surface area contributed by atoms with Crippen molar-refractivity contribution in [1.82, 2.24) is 14.7 Å². The Morgan fingerprint density at radius 2 is 2.00 bits per heavy atom. The van der Waals surface area contributed by atoms with E-state index in [1.807, 2.05) is 0 Å². The Kier molecular flexibility index (Phi) is 5.81. The summed E-state index contributed by atoms with van der Waals surface area (Å²) in [5.74, 6) is -0.363. The lowest BCUT2D eigenvalue weighted by Crippen LogP contribution is -2.44. The summed E-state index contributed by atoms with van der Waals surface area (Å²) in [6.45, 7) is -1.24. The topological polar surface area (TPSA) is 76.5 Å². The van der Waals surface area contributed by atoms with E-state index in [0.29, 0.717) is 16.9 Å². The van der Waals surface area contributed by atoms with Crippen LogP contribution < -0.4 is 10.1 Å². The number of nitrogens with zero attached hydrogens (tertiary/aromatic N) is 3. The van der Waals surface area contributed by atoms with E-state index in [0.717, 1.165) is 11.8 Å². The van der Waals surface area contributed by atoms with E-state index < -0.39 is 24.7 Å². The van der Waals surface area contributed by atoms with Crippen molar-refractivity contribution in [3.8, 4) is 5.75 Å². The molecule has 10 heteroatoms. The molecular formula is C19H21F3N4O3. The normalized spacial score (nSPS) is 19.9. The lowest BCUT2D eigenvalue weighted by Gasteiger charge is -2.38. The summed E-state index contributed by atoms with van der Waals surface area (Å²) in [5.41, 5.74) is 0.946. The highest BCUT2D eigenvalue weighted by Gasteiger charge is 2.39. The number of hydrogen-bond donors (Lipinski definition) is 1. The molecule has 0 saturated carbocycles. The van der Waals surface area contributed by atoms with E-state index in [4.69, 9.17) is 4.74 Å². The molecule has 29 heavy (non-hydrogen) atoms. The van der Waals surface area contributed by atoms with Crippen molar-refractivity contribution in [2.45, 2.75) is 31.6 Å². The minimum atomic E-state index is -4.40. The average molecular weight is 410 g/mol. The molecule has 1 aliphatic rings. The molecule has 1 N–H and O–H groups in total. The number of anilines is 1. The number of benzene rings is 1. The van der Waals surface area contributed by atoms with Crippen LogP contribution in [0.25, 0.3) is 0 Å². The molecule has 156 valence electrons. The van der Waals surface area contributed by atoms with Gasteiger partial charge in [-0.1, -0.05) is 12.1 Å². The van der Waals surface area contributed by atoms with Crippen molar-refractivity contribution in [3.05, 3.63) is 42.2 Å². The maximum Gasteiger partial charge on any atom is 0.408 e. The number of likely N-dealkylation sites (tertiary alicyclic amines) is 1. The van der Waals surface area contributed by atoms with Crippen molar-refractivity contribution >= 4 is 17.5 Å². The first-order valence-corrected chi connectivity index (χ1v) is 8.97. The van der Waals surface area contributed by atoms with Gasteiger partial charge in [0, 0.05) is 19.7 Å². The Morgan fingerprint density at radius 1 is 1.31 bits per heavy atom. The van der Waals surface area contributed by atoms with E-state index >= 15 is 0 Å². The number of hydrogen-bond acceptors (Lipinski definition) is 4. The van der Waals surface area contributed by atoms with Gasteiger partial charge in [0.15, 0.2) is 0 Å². The van der Waals surface area contributed by atoms with Gasteiger partial charge in [0.05, 0.1) is 31.0 Å². The Bertz CT molecular complexity index is 880. The standard InChI is InChI=1S/C19H21F3N4O3/c1-25-16(27)8-7-15(17(25)12-3-5-14(29-2)6-4-12)18(28)24-13-9-23-26(10-13)11-19(20,21)22/h3-6,9-10,15,17H,7-8,11H2,1-2H3,(H,24,28). The van der Waals surface area contributed by atoms with Crippen molar-refractivity contribution in [2.24, 2.45) is 5.92 Å². The van der Waals surface area contributed by atoms with E-state index in [1.54, 1.807) is 38.4 Å². The van der Waals surface area contributed by atoms with Gasteiger partial charge in [-0.05, 0) is 24.1 Å². The smallest absolute Gasteiger partial charge is 0.408 e. The van der Waals surface area contributed by atoms with Gasteiger partial charge in [0.25, 0.3) is 0 Å². The number of rotatable bonds is 5. The van der Waals surface area contributed by atoms with E-state index in [1.165, 1.54) is 11.1 Å². The van der Waals surface area contributed by atoms with Crippen LogP contribution in [0.2, 0.25) is 0 Å². The number of halogens is 3. The van der Waals surface area contributed by atoms with Gasteiger partial charge in [-0.3, -0.25) is 14.3 Å². The molecule has 1 fully saturated rings.